The minimum absolute atomic E-state index is 0.178. The van der Waals surface area contributed by atoms with Crippen LogP contribution in [0.5, 0.6) is 0 Å². The zero-order valence-corrected chi connectivity index (χ0v) is 18.0. The average molecular weight is 423 g/mol. The van der Waals surface area contributed by atoms with E-state index in [1.54, 1.807) is 25.1 Å². The van der Waals surface area contributed by atoms with E-state index in [1.165, 1.54) is 7.11 Å². The van der Waals surface area contributed by atoms with Crippen molar-refractivity contribution >= 4 is 39.8 Å². The molecule has 1 heterocycles. The Morgan fingerprint density at radius 2 is 1.57 bits per heavy atom. The van der Waals surface area contributed by atoms with E-state index in [9.17, 15) is 14.4 Å². The van der Waals surface area contributed by atoms with Crippen LogP contribution in [0.1, 0.15) is 47.1 Å². The summed E-state index contributed by atoms with van der Waals surface area (Å²) in [6.07, 6.45) is 0. The SMILES string of the molecule is COC(=O)c1c(NC(=O)c2ccc(C)cc2)sc(C(=O)Nc2cccc(C)c2)c1C. The van der Waals surface area contributed by atoms with Crippen molar-refractivity contribution in [1.82, 2.24) is 0 Å². The van der Waals surface area contributed by atoms with Crippen molar-refractivity contribution in [2.24, 2.45) is 0 Å². The number of aryl methyl sites for hydroxylation is 2. The molecule has 1 aromatic heterocycles. The molecule has 0 fully saturated rings. The summed E-state index contributed by atoms with van der Waals surface area (Å²) in [4.78, 5) is 38.2. The third-order valence-corrected chi connectivity index (χ3v) is 5.77. The van der Waals surface area contributed by atoms with Crippen LogP contribution in [0.25, 0.3) is 0 Å². The lowest BCUT2D eigenvalue weighted by Crippen LogP contribution is -2.14. The summed E-state index contributed by atoms with van der Waals surface area (Å²) in [5.74, 6) is -1.34. The molecule has 0 radical (unpaired) electrons. The molecule has 154 valence electrons. The summed E-state index contributed by atoms with van der Waals surface area (Å²) < 4.78 is 4.87. The fraction of sp³-hybridized carbons (Fsp3) is 0.174. The molecule has 0 aliphatic heterocycles. The summed E-state index contributed by atoms with van der Waals surface area (Å²) in [5, 5.41) is 5.86. The van der Waals surface area contributed by atoms with Gasteiger partial charge in [-0.1, -0.05) is 29.8 Å². The number of benzene rings is 2. The lowest BCUT2D eigenvalue weighted by atomic mass is 10.1. The maximum Gasteiger partial charge on any atom is 0.341 e. The van der Waals surface area contributed by atoms with Gasteiger partial charge in [0.1, 0.15) is 5.00 Å². The monoisotopic (exact) mass is 422 g/mol. The molecular formula is C23H22N2O4S. The molecule has 6 nitrogen and oxygen atoms in total. The van der Waals surface area contributed by atoms with E-state index in [2.05, 4.69) is 10.6 Å². The van der Waals surface area contributed by atoms with E-state index in [0.717, 1.165) is 22.5 Å². The lowest BCUT2D eigenvalue weighted by Gasteiger charge is -2.06. The number of thiophene rings is 1. The number of ether oxygens (including phenoxy) is 1. The fourth-order valence-corrected chi connectivity index (χ4v) is 4.04. The molecule has 0 bridgehead atoms. The zero-order valence-electron chi connectivity index (χ0n) is 17.2. The number of esters is 1. The van der Waals surface area contributed by atoms with Gasteiger partial charge in [-0.25, -0.2) is 4.79 Å². The minimum Gasteiger partial charge on any atom is -0.465 e. The highest BCUT2D eigenvalue weighted by molar-refractivity contribution is 7.19. The first-order valence-electron chi connectivity index (χ1n) is 9.28. The van der Waals surface area contributed by atoms with Crippen molar-refractivity contribution < 1.29 is 19.1 Å². The summed E-state index contributed by atoms with van der Waals surface area (Å²) in [6.45, 7) is 5.52. The fourth-order valence-electron chi connectivity index (χ4n) is 2.96. The Kier molecular flexibility index (Phi) is 6.32. The highest BCUT2D eigenvalue weighted by atomic mass is 32.1. The normalized spacial score (nSPS) is 10.4. The zero-order chi connectivity index (χ0) is 21.8. The Bertz CT molecular complexity index is 1120. The van der Waals surface area contributed by atoms with E-state index in [0.29, 0.717) is 21.7 Å². The van der Waals surface area contributed by atoms with Crippen molar-refractivity contribution in [3.05, 3.63) is 81.2 Å². The van der Waals surface area contributed by atoms with Crippen LogP contribution < -0.4 is 10.6 Å². The Labute approximate surface area is 178 Å². The second-order valence-electron chi connectivity index (χ2n) is 6.90. The molecular weight excluding hydrogens is 400 g/mol. The highest BCUT2D eigenvalue weighted by Gasteiger charge is 2.26. The first kappa shape index (κ1) is 21.3. The minimum atomic E-state index is -0.613. The van der Waals surface area contributed by atoms with Gasteiger partial charge in [0.15, 0.2) is 0 Å². The van der Waals surface area contributed by atoms with Gasteiger partial charge in [0.05, 0.1) is 17.6 Å². The summed E-state index contributed by atoms with van der Waals surface area (Å²) >= 11 is 1.04. The van der Waals surface area contributed by atoms with E-state index >= 15 is 0 Å². The predicted octanol–water partition coefficient (Wildman–Crippen LogP) is 4.96. The van der Waals surface area contributed by atoms with Crippen LogP contribution in [0.15, 0.2) is 48.5 Å². The van der Waals surface area contributed by atoms with Crippen LogP contribution >= 0.6 is 11.3 Å². The van der Waals surface area contributed by atoms with Crippen molar-refractivity contribution in [1.29, 1.82) is 0 Å². The Morgan fingerprint density at radius 3 is 2.20 bits per heavy atom. The molecule has 0 saturated heterocycles. The second-order valence-corrected chi connectivity index (χ2v) is 7.92. The average Bonchev–Trinajstić information content (AvgIpc) is 3.03. The molecule has 0 aliphatic carbocycles. The Balaban J connectivity index is 1.93. The number of hydrogen-bond acceptors (Lipinski definition) is 5. The standard InChI is InChI=1S/C23H22N2O4S/c1-13-8-10-16(11-9-13)20(26)25-22-18(23(28)29-4)15(3)19(30-22)21(27)24-17-7-5-6-14(2)12-17/h5-12H,1-4H3,(H,24,27)(H,25,26). The molecule has 30 heavy (non-hydrogen) atoms. The van der Waals surface area contributed by atoms with Crippen LogP contribution in [-0.4, -0.2) is 24.9 Å². The molecule has 2 amide bonds. The van der Waals surface area contributed by atoms with Crippen LogP contribution in [0, 0.1) is 20.8 Å². The molecule has 0 unspecified atom stereocenters. The molecule has 3 aromatic rings. The molecule has 0 atom stereocenters. The van der Waals surface area contributed by atoms with Crippen LogP contribution in [-0.2, 0) is 4.74 Å². The third-order valence-electron chi connectivity index (χ3n) is 4.56. The van der Waals surface area contributed by atoms with Gasteiger partial charge < -0.3 is 15.4 Å². The van der Waals surface area contributed by atoms with Gasteiger partial charge in [-0.3, -0.25) is 9.59 Å². The molecule has 2 N–H and O–H groups in total. The summed E-state index contributed by atoms with van der Waals surface area (Å²) in [5.41, 5.74) is 3.78. The first-order chi connectivity index (χ1) is 14.3. The third kappa shape index (κ3) is 4.58. The molecule has 0 aliphatic rings. The molecule has 2 aromatic carbocycles. The Morgan fingerprint density at radius 1 is 0.867 bits per heavy atom. The number of rotatable bonds is 5. The van der Waals surface area contributed by atoms with E-state index in [-0.39, 0.29) is 22.4 Å². The maximum absolute atomic E-state index is 12.9. The number of carbonyl (C=O) groups excluding carboxylic acids is 3. The molecule has 3 rings (SSSR count). The van der Waals surface area contributed by atoms with Gasteiger partial charge in [0.2, 0.25) is 0 Å². The van der Waals surface area contributed by atoms with Gasteiger partial charge in [-0.05, 0) is 56.2 Å². The topological polar surface area (TPSA) is 84.5 Å². The number of anilines is 2. The van der Waals surface area contributed by atoms with Crippen molar-refractivity contribution in [2.75, 3.05) is 17.7 Å². The van der Waals surface area contributed by atoms with Gasteiger partial charge >= 0.3 is 5.97 Å². The van der Waals surface area contributed by atoms with Crippen molar-refractivity contribution in [3.63, 3.8) is 0 Å². The molecule has 7 heteroatoms. The quantitative estimate of drug-likeness (QED) is 0.569. The molecule has 0 saturated carbocycles. The summed E-state index contributed by atoms with van der Waals surface area (Å²) in [6, 6.07) is 14.5. The smallest absolute Gasteiger partial charge is 0.341 e. The van der Waals surface area contributed by atoms with Gasteiger partial charge in [-0.15, -0.1) is 11.3 Å². The number of amides is 2. The number of hydrogen-bond donors (Lipinski definition) is 2. The van der Waals surface area contributed by atoms with Crippen molar-refractivity contribution in [2.45, 2.75) is 20.8 Å². The second kappa shape index (κ2) is 8.92. The lowest BCUT2D eigenvalue weighted by molar-refractivity contribution is 0.0601. The maximum atomic E-state index is 12.9. The summed E-state index contributed by atoms with van der Waals surface area (Å²) in [7, 11) is 1.26. The largest absolute Gasteiger partial charge is 0.465 e. The first-order valence-corrected chi connectivity index (χ1v) is 10.1. The molecule has 0 spiro atoms. The number of carbonyl (C=O) groups is 3. The van der Waals surface area contributed by atoms with Crippen molar-refractivity contribution in [3.8, 4) is 0 Å². The van der Waals surface area contributed by atoms with Crippen LogP contribution in [0.3, 0.4) is 0 Å². The number of nitrogens with one attached hydrogen (secondary N) is 2. The van der Waals surface area contributed by atoms with Gasteiger partial charge in [0.25, 0.3) is 11.8 Å². The van der Waals surface area contributed by atoms with Gasteiger partial charge in [-0.2, -0.15) is 0 Å². The van der Waals surface area contributed by atoms with Gasteiger partial charge in [0, 0.05) is 11.3 Å². The Hall–Kier alpha value is -3.45. The highest BCUT2D eigenvalue weighted by Crippen LogP contribution is 2.34. The van der Waals surface area contributed by atoms with Crippen LogP contribution in [0.4, 0.5) is 10.7 Å². The van der Waals surface area contributed by atoms with E-state index in [1.807, 2.05) is 44.2 Å². The predicted molar refractivity (Wildman–Crippen MR) is 119 cm³/mol. The number of methoxy groups -OCH3 is 1. The van der Waals surface area contributed by atoms with Crippen LogP contribution in [0.2, 0.25) is 0 Å². The van der Waals surface area contributed by atoms with E-state index in [4.69, 9.17) is 4.74 Å². The van der Waals surface area contributed by atoms with E-state index < -0.39 is 5.97 Å².